The second-order valence-electron chi connectivity index (χ2n) is 8.04. The summed E-state index contributed by atoms with van der Waals surface area (Å²) in [5.41, 5.74) is -0.649. The molecule has 3 N–H and O–H groups in total. The Morgan fingerprint density at radius 2 is 1.94 bits per heavy atom. The molecule has 0 saturated carbocycles. The standard InChI is InChI=1S/C20H26N4O6S/c1-20(2,3)30-19(26)24-9-7-15(8-10-24)22-13-14(12-21)18(25)23-16-5-4-6-17(11-16)31(27,28)29/h4-6,11,13,15,22H,7-10H2,1-3H3,(H,23,25)(H,27,28,29)/b14-13-. The Balaban J connectivity index is 1.93. The Bertz CT molecular complexity index is 999. The number of carbonyl (C=O) groups is 2. The fraction of sp³-hybridized carbons (Fsp3) is 0.450. The number of nitrogens with zero attached hydrogens (tertiary/aromatic N) is 2. The quantitative estimate of drug-likeness (QED) is 0.351. The molecule has 1 aromatic rings. The molecule has 0 aliphatic carbocycles. The minimum absolute atomic E-state index is 0.0299. The van der Waals surface area contributed by atoms with E-state index in [4.69, 9.17) is 9.29 Å². The van der Waals surface area contributed by atoms with Crippen molar-refractivity contribution in [3.05, 3.63) is 36.0 Å². The monoisotopic (exact) mass is 450 g/mol. The summed E-state index contributed by atoms with van der Waals surface area (Å²) < 4.78 is 36.9. The van der Waals surface area contributed by atoms with E-state index >= 15 is 0 Å². The Labute approximate surface area is 181 Å². The molecule has 2 amide bonds. The van der Waals surface area contributed by atoms with Gasteiger partial charge in [-0.15, -0.1) is 0 Å². The van der Waals surface area contributed by atoms with E-state index in [1.165, 1.54) is 24.4 Å². The first kappa shape index (κ1) is 24.2. The van der Waals surface area contributed by atoms with Crippen LogP contribution < -0.4 is 10.6 Å². The zero-order valence-corrected chi connectivity index (χ0v) is 18.4. The lowest BCUT2D eigenvalue weighted by Gasteiger charge is -2.33. The third-order valence-electron chi connectivity index (χ3n) is 4.36. The minimum Gasteiger partial charge on any atom is -0.444 e. The lowest BCUT2D eigenvalue weighted by Crippen LogP contribution is -2.45. The smallest absolute Gasteiger partial charge is 0.410 e. The van der Waals surface area contributed by atoms with Gasteiger partial charge in [0.25, 0.3) is 16.0 Å². The van der Waals surface area contributed by atoms with Crippen LogP contribution in [-0.4, -0.2) is 54.6 Å². The summed E-state index contributed by atoms with van der Waals surface area (Å²) in [6.45, 7) is 6.38. The number of nitriles is 1. The predicted molar refractivity (Wildman–Crippen MR) is 113 cm³/mol. The number of anilines is 1. The molecular weight excluding hydrogens is 424 g/mol. The van der Waals surface area contributed by atoms with Crippen molar-refractivity contribution in [1.82, 2.24) is 10.2 Å². The molecule has 0 atom stereocenters. The van der Waals surface area contributed by atoms with Crippen LogP contribution in [0.3, 0.4) is 0 Å². The van der Waals surface area contributed by atoms with Crippen LogP contribution in [-0.2, 0) is 19.6 Å². The van der Waals surface area contributed by atoms with Crippen molar-refractivity contribution >= 4 is 27.8 Å². The van der Waals surface area contributed by atoms with Gasteiger partial charge in [0.1, 0.15) is 17.2 Å². The number of likely N-dealkylation sites (tertiary alicyclic amines) is 1. The van der Waals surface area contributed by atoms with Crippen molar-refractivity contribution in [2.75, 3.05) is 18.4 Å². The Hall–Kier alpha value is -3.10. The van der Waals surface area contributed by atoms with Crippen LogP contribution in [0.2, 0.25) is 0 Å². The van der Waals surface area contributed by atoms with Crippen molar-refractivity contribution in [2.24, 2.45) is 0 Å². The van der Waals surface area contributed by atoms with Gasteiger partial charge in [0, 0.05) is 31.0 Å². The first-order valence-electron chi connectivity index (χ1n) is 9.62. The normalized spacial score (nSPS) is 15.7. The Morgan fingerprint density at radius 3 is 2.48 bits per heavy atom. The molecule has 10 nitrogen and oxygen atoms in total. The molecule has 1 heterocycles. The van der Waals surface area contributed by atoms with Gasteiger partial charge in [0.15, 0.2) is 0 Å². The molecule has 0 spiro atoms. The number of hydrogen-bond acceptors (Lipinski definition) is 7. The SMILES string of the molecule is CC(C)(C)OC(=O)N1CCC(N/C=C(/C#N)C(=O)Nc2cccc(S(=O)(=O)O)c2)CC1. The molecule has 11 heteroatoms. The van der Waals surface area contributed by atoms with E-state index < -0.39 is 21.6 Å². The molecule has 0 bridgehead atoms. The van der Waals surface area contributed by atoms with Crippen LogP contribution in [0.5, 0.6) is 0 Å². The number of hydrogen-bond donors (Lipinski definition) is 3. The molecule has 1 aliphatic rings. The van der Waals surface area contributed by atoms with Gasteiger partial charge < -0.3 is 20.3 Å². The number of rotatable bonds is 5. The number of piperidine rings is 1. The number of benzene rings is 1. The summed E-state index contributed by atoms with van der Waals surface area (Å²) in [6, 6.07) is 6.81. The fourth-order valence-electron chi connectivity index (χ4n) is 2.84. The minimum atomic E-state index is -4.41. The van der Waals surface area contributed by atoms with Crippen LogP contribution >= 0.6 is 0 Å². The number of carbonyl (C=O) groups excluding carboxylic acids is 2. The van der Waals surface area contributed by atoms with Gasteiger partial charge in [-0.3, -0.25) is 9.35 Å². The van der Waals surface area contributed by atoms with E-state index in [1.807, 2.05) is 0 Å². The third kappa shape index (κ3) is 7.58. The van der Waals surface area contributed by atoms with Gasteiger partial charge in [-0.1, -0.05) is 6.07 Å². The molecule has 0 unspecified atom stereocenters. The van der Waals surface area contributed by atoms with Crippen molar-refractivity contribution < 1.29 is 27.3 Å². The van der Waals surface area contributed by atoms with Crippen LogP contribution in [0, 0.1) is 11.3 Å². The van der Waals surface area contributed by atoms with Crippen molar-refractivity contribution in [3.8, 4) is 6.07 Å². The lowest BCUT2D eigenvalue weighted by atomic mass is 10.1. The molecule has 2 rings (SSSR count). The summed E-state index contributed by atoms with van der Waals surface area (Å²) in [6.07, 6.45) is 2.17. The van der Waals surface area contributed by atoms with Crippen molar-refractivity contribution in [3.63, 3.8) is 0 Å². The van der Waals surface area contributed by atoms with Gasteiger partial charge in [-0.05, 0) is 51.8 Å². The van der Waals surface area contributed by atoms with E-state index in [1.54, 1.807) is 31.7 Å². The molecule has 1 aromatic carbocycles. The predicted octanol–water partition coefficient (Wildman–Crippen LogP) is 2.27. The Morgan fingerprint density at radius 1 is 1.29 bits per heavy atom. The molecule has 1 fully saturated rings. The van der Waals surface area contributed by atoms with Gasteiger partial charge >= 0.3 is 6.09 Å². The summed E-state index contributed by atoms with van der Waals surface area (Å²) in [5, 5.41) is 14.7. The second-order valence-corrected chi connectivity index (χ2v) is 9.46. The summed E-state index contributed by atoms with van der Waals surface area (Å²) >= 11 is 0. The average Bonchev–Trinajstić information content (AvgIpc) is 2.67. The maximum Gasteiger partial charge on any atom is 0.410 e. The molecule has 1 aliphatic heterocycles. The summed E-state index contributed by atoms with van der Waals surface area (Å²) in [4.78, 5) is 25.7. The number of ether oxygens (including phenoxy) is 1. The van der Waals surface area contributed by atoms with E-state index in [0.717, 1.165) is 6.07 Å². The topological polar surface area (TPSA) is 149 Å². The largest absolute Gasteiger partial charge is 0.444 e. The zero-order chi connectivity index (χ0) is 23.2. The average molecular weight is 451 g/mol. The highest BCUT2D eigenvalue weighted by atomic mass is 32.2. The molecule has 168 valence electrons. The summed E-state index contributed by atoms with van der Waals surface area (Å²) in [5.74, 6) is -0.728. The van der Waals surface area contributed by atoms with E-state index in [9.17, 15) is 23.3 Å². The molecule has 1 saturated heterocycles. The highest BCUT2D eigenvalue weighted by molar-refractivity contribution is 7.85. The highest BCUT2D eigenvalue weighted by Crippen LogP contribution is 2.17. The van der Waals surface area contributed by atoms with Gasteiger partial charge in [-0.25, -0.2) is 4.79 Å². The first-order valence-corrected chi connectivity index (χ1v) is 11.1. The van der Waals surface area contributed by atoms with E-state index in [-0.39, 0.29) is 28.3 Å². The Kier molecular flexibility index (Phi) is 7.65. The van der Waals surface area contributed by atoms with Crippen molar-refractivity contribution in [1.29, 1.82) is 5.26 Å². The van der Waals surface area contributed by atoms with E-state index in [0.29, 0.717) is 25.9 Å². The van der Waals surface area contributed by atoms with Crippen LogP contribution in [0.25, 0.3) is 0 Å². The van der Waals surface area contributed by atoms with Crippen molar-refractivity contribution in [2.45, 2.75) is 50.2 Å². The van der Waals surface area contributed by atoms with Crippen LogP contribution in [0.4, 0.5) is 10.5 Å². The molecular formula is C20H26N4O6S. The molecule has 0 radical (unpaired) electrons. The first-order chi connectivity index (χ1) is 14.4. The van der Waals surface area contributed by atoms with Crippen LogP contribution in [0.1, 0.15) is 33.6 Å². The third-order valence-corrected chi connectivity index (χ3v) is 5.21. The van der Waals surface area contributed by atoms with Gasteiger partial charge in [0.2, 0.25) is 0 Å². The number of nitrogens with one attached hydrogen (secondary N) is 2. The van der Waals surface area contributed by atoms with Gasteiger partial charge in [0.05, 0.1) is 4.90 Å². The maximum absolute atomic E-state index is 12.3. The van der Waals surface area contributed by atoms with Crippen LogP contribution in [0.15, 0.2) is 40.9 Å². The fourth-order valence-corrected chi connectivity index (χ4v) is 3.36. The lowest BCUT2D eigenvalue weighted by molar-refractivity contribution is -0.112. The highest BCUT2D eigenvalue weighted by Gasteiger charge is 2.26. The zero-order valence-electron chi connectivity index (χ0n) is 17.6. The molecule has 0 aromatic heterocycles. The number of amides is 2. The van der Waals surface area contributed by atoms with E-state index in [2.05, 4.69) is 10.6 Å². The maximum atomic E-state index is 12.3. The second kappa shape index (κ2) is 9.80. The molecule has 31 heavy (non-hydrogen) atoms. The van der Waals surface area contributed by atoms with Gasteiger partial charge in [-0.2, -0.15) is 13.7 Å². The summed E-state index contributed by atoms with van der Waals surface area (Å²) in [7, 11) is -4.41.